The van der Waals surface area contributed by atoms with Crippen LogP contribution >= 0.6 is 0 Å². The molecule has 23 heavy (non-hydrogen) atoms. The largest absolute Gasteiger partial charge is 0.444 e. The van der Waals surface area contributed by atoms with Crippen molar-refractivity contribution in [3.63, 3.8) is 0 Å². The van der Waals surface area contributed by atoms with Gasteiger partial charge < -0.3 is 15.4 Å². The number of halogens is 1. The molecule has 1 aliphatic rings. The van der Waals surface area contributed by atoms with E-state index < -0.39 is 5.60 Å². The standard InChI is InChI=1S/C18H27FN2O2/c1-18(2,3)23-17(22)20-12-13-6-4-5-7-16(13)21-15-10-8-14(19)9-11-15/h8-11,13,16,21H,4-7,12H2,1-3H3,(H,20,22). The molecule has 1 saturated carbocycles. The normalized spacial score (nSPS) is 21.6. The molecule has 2 unspecified atom stereocenters. The second kappa shape index (κ2) is 7.66. The summed E-state index contributed by atoms with van der Waals surface area (Å²) in [5.74, 6) is 0.114. The summed E-state index contributed by atoms with van der Waals surface area (Å²) in [6.45, 7) is 6.15. The molecular formula is C18H27FN2O2. The van der Waals surface area contributed by atoms with Gasteiger partial charge in [-0.1, -0.05) is 12.8 Å². The molecule has 1 aliphatic carbocycles. The van der Waals surface area contributed by atoms with Crippen molar-refractivity contribution in [1.82, 2.24) is 5.32 Å². The van der Waals surface area contributed by atoms with Crippen LogP contribution in [-0.2, 0) is 4.74 Å². The number of hydrogen-bond acceptors (Lipinski definition) is 3. The number of rotatable bonds is 4. The van der Waals surface area contributed by atoms with Crippen LogP contribution in [0.4, 0.5) is 14.9 Å². The maximum absolute atomic E-state index is 13.0. The Balaban J connectivity index is 1.88. The van der Waals surface area contributed by atoms with Crippen LogP contribution in [0.3, 0.4) is 0 Å². The van der Waals surface area contributed by atoms with E-state index in [1.807, 2.05) is 20.8 Å². The Bertz CT molecular complexity index is 511. The van der Waals surface area contributed by atoms with E-state index in [9.17, 15) is 9.18 Å². The number of nitrogens with one attached hydrogen (secondary N) is 2. The molecule has 4 nitrogen and oxygen atoms in total. The summed E-state index contributed by atoms with van der Waals surface area (Å²) in [7, 11) is 0. The third-order valence-corrected chi connectivity index (χ3v) is 4.01. The van der Waals surface area contributed by atoms with Gasteiger partial charge in [0.25, 0.3) is 0 Å². The SMILES string of the molecule is CC(C)(C)OC(=O)NCC1CCCCC1Nc1ccc(F)cc1. The van der Waals surface area contributed by atoms with Crippen LogP contribution in [0.1, 0.15) is 46.5 Å². The van der Waals surface area contributed by atoms with E-state index in [4.69, 9.17) is 4.74 Å². The van der Waals surface area contributed by atoms with Crippen molar-refractivity contribution in [3.05, 3.63) is 30.1 Å². The number of ether oxygens (including phenoxy) is 1. The Labute approximate surface area is 137 Å². The highest BCUT2D eigenvalue weighted by molar-refractivity contribution is 5.67. The van der Waals surface area contributed by atoms with E-state index in [1.165, 1.54) is 25.0 Å². The number of anilines is 1. The average molecular weight is 322 g/mol. The fourth-order valence-corrected chi connectivity index (χ4v) is 2.93. The molecule has 2 rings (SSSR count). The van der Waals surface area contributed by atoms with Crippen molar-refractivity contribution >= 4 is 11.8 Å². The zero-order valence-corrected chi connectivity index (χ0v) is 14.2. The monoisotopic (exact) mass is 322 g/mol. The minimum atomic E-state index is -0.484. The quantitative estimate of drug-likeness (QED) is 0.868. The molecule has 0 heterocycles. The highest BCUT2D eigenvalue weighted by Crippen LogP contribution is 2.27. The summed E-state index contributed by atoms with van der Waals surface area (Å²) in [5, 5.41) is 6.34. The molecule has 2 N–H and O–H groups in total. The maximum Gasteiger partial charge on any atom is 0.407 e. The van der Waals surface area contributed by atoms with Gasteiger partial charge in [0, 0.05) is 18.3 Å². The van der Waals surface area contributed by atoms with Gasteiger partial charge in [-0.05, 0) is 63.8 Å². The highest BCUT2D eigenvalue weighted by Gasteiger charge is 2.26. The van der Waals surface area contributed by atoms with Crippen LogP contribution in [0.15, 0.2) is 24.3 Å². The predicted molar refractivity (Wildman–Crippen MR) is 90.0 cm³/mol. The number of benzene rings is 1. The second-order valence-electron chi connectivity index (χ2n) is 7.19. The van der Waals surface area contributed by atoms with E-state index >= 15 is 0 Å². The second-order valence-corrected chi connectivity index (χ2v) is 7.19. The molecule has 128 valence electrons. The van der Waals surface area contributed by atoms with E-state index in [1.54, 1.807) is 12.1 Å². The van der Waals surface area contributed by atoms with Crippen molar-refractivity contribution in [2.75, 3.05) is 11.9 Å². The first-order chi connectivity index (χ1) is 10.8. The lowest BCUT2D eigenvalue weighted by molar-refractivity contribution is 0.0514. The van der Waals surface area contributed by atoms with Gasteiger partial charge in [-0.15, -0.1) is 0 Å². The van der Waals surface area contributed by atoms with Crippen LogP contribution in [0.2, 0.25) is 0 Å². The highest BCUT2D eigenvalue weighted by atomic mass is 19.1. The van der Waals surface area contributed by atoms with Crippen molar-refractivity contribution in [2.24, 2.45) is 5.92 Å². The molecular weight excluding hydrogens is 295 g/mol. The summed E-state index contributed by atoms with van der Waals surface area (Å²) in [4.78, 5) is 11.8. The van der Waals surface area contributed by atoms with Gasteiger partial charge in [-0.2, -0.15) is 0 Å². The molecule has 1 fully saturated rings. The van der Waals surface area contributed by atoms with Crippen LogP contribution in [-0.4, -0.2) is 24.3 Å². The molecule has 1 amide bonds. The first kappa shape index (κ1) is 17.6. The lowest BCUT2D eigenvalue weighted by Crippen LogP contribution is -2.42. The molecule has 2 atom stereocenters. The minimum absolute atomic E-state index is 0.234. The Morgan fingerprint density at radius 1 is 1.22 bits per heavy atom. The predicted octanol–water partition coefficient (Wildman–Crippen LogP) is 4.32. The molecule has 0 saturated heterocycles. The molecule has 1 aromatic rings. The minimum Gasteiger partial charge on any atom is -0.444 e. The summed E-state index contributed by atoms with van der Waals surface area (Å²) in [6.07, 6.45) is 4.08. The maximum atomic E-state index is 13.0. The summed E-state index contributed by atoms with van der Waals surface area (Å²) in [6, 6.07) is 6.70. The van der Waals surface area contributed by atoms with Gasteiger partial charge in [0.1, 0.15) is 11.4 Å². The van der Waals surface area contributed by atoms with Gasteiger partial charge in [0.15, 0.2) is 0 Å². The van der Waals surface area contributed by atoms with Crippen LogP contribution in [0.5, 0.6) is 0 Å². The van der Waals surface area contributed by atoms with Gasteiger partial charge in [0.2, 0.25) is 0 Å². The zero-order chi connectivity index (χ0) is 16.9. The Morgan fingerprint density at radius 3 is 2.52 bits per heavy atom. The van der Waals surface area contributed by atoms with E-state index in [-0.39, 0.29) is 18.0 Å². The number of carbonyl (C=O) groups excluding carboxylic acids is 1. The number of amides is 1. The van der Waals surface area contributed by atoms with Crippen LogP contribution in [0.25, 0.3) is 0 Å². The lowest BCUT2D eigenvalue weighted by Gasteiger charge is -2.33. The molecule has 0 spiro atoms. The molecule has 0 aliphatic heterocycles. The summed E-state index contributed by atoms with van der Waals surface area (Å²) in [5.41, 5.74) is 0.433. The lowest BCUT2D eigenvalue weighted by atomic mass is 9.84. The average Bonchev–Trinajstić information content (AvgIpc) is 2.47. The van der Waals surface area contributed by atoms with E-state index in [0.29, 0.717) is 12.5 Å². The molecule has 1 aromatic carbocycles. The Morgan fingerprint density at radius 2 is 1.87 bits per heavy atom. The van der Waals surface area contributed by atoms with Crippen molar-refractivity contribution in [1.29, 1.82) is 0 Å². The zero-order valence-electron chi connectivity index (χ0n) is 14.2. The smallest absolute Gasteiger partial charge is 0.407 e. The van der Waals surface area contributed by atoms with Gasteiger partial charge >= 0.3 is 6.09 Å². The van der Waals surface area contributed by atoms with E-state index in [0.717, 1.165) is 18.5 Å². The third kappa shape index (κ3) is 6.08. The first-order valence-electron chi connectivity index (χ1n) is 8.32. The summed E-state index contributed by atoms with van der Waals surface area (Å²) < 4.78 is 18.3. The van der Waals surface area contributed by atoms with Crippen molar-refractivity contribution in [3.8, 4) is 0 Å². The number of hydrogen-bond donors (Lipinski definition) is 2. The Hall–Kier alpha value is -1.78. The third-order valence-electron chi connectivity index (χ3n) is 4.01. The van der Waals surface area contributed by atoms with Crippen LogP contribution in [0, 0.1) is 11.7 Å². The van der Waals surface area contributed by atoms with Crippen molar-refractivity contribution in [2.45, 2.75) is 58.1 Å². The summed E-state index contributed by atoms with van der Waals surface area (Å²) >= 11 is 0. The van der Waals surface area contributed by atoms with Crippen molar-refractivity contribution < 1.29 is 13.9 Å². The number of alkyl carbamates (subject to hydrolysis) is 1. The molecule has 0 bridgehead atoms. The fourth-order valence-electron chi connectivity index (χ4n) is 2.93. The van der Waals surface area contributed by atoms with E-state index in [2.05, 4.69) is 10.6 Å². The molecule has 0 radical (unpaired) electrons. The fraction of sp³-hybridized carbons (Fsp3) is 0.611. The number of carbonyl (C=O) groups is 1. The van der Waals surface area contributed by atoms with Gasteiger partial charge in [0.05, 0.1) is 0 Å². The molecule has 0 aromatic heterocycles. The molecule has 5 heteroatoms. The van der Waals surface area contributed by atoms with Crippen LogP contribution < -0.4 is 10.6 Å². The van der Waals surface area contributed by atoms with Gasteiger partial charge in [-0.3, -0.25) is 0 Å². The first-order valence-corrected chi connectivity index (χ1v) is 8.32. The van der Waals surface area contributed by atoms with Gasteiger partial charge in [-0.25, -0.2) is 9.18 Å². The topological polar surface area (TPSA) is 50.4 Å². The Kier molecular flexibility index (Phi) is 5.85.